The van der Waals surface area contributed by atoms with Gasteiger partial charge in [0.15, 0.2) is 11.0 Å². The number of nitrogens with zero attached hydrogens (tertiary/aromatic N) is 6. The van der Waals surface area contributed by atoms with Crippen molar-refractivity contribution in [3.05, 3.63) is 84.4 Å². The van der Waals surface area contributed by atoms with E-state index >= 15 is 0 Å². The van der Waals surface area contributed by atoms with Crippen molar-refractivity contribution in [2.24, 2.45) is 0 Å². The van der Waals surface area contributed by atoms with Gasteiger partial charge in [-0.25, -0.2) is 9.97 Å². The third-order valence-corrected chi connectivity index (χ3v) is 5.84. The smallest absolute Gasteiger partial charge is 0.196 e. The third-order valence-electron chi connectivity index (χ3n) is 4.92. The summed E-state index contributed by atoms with van der Waals surface area (Å²) in [5.74, 6) is 2.40. The molecule has 0 radical (unpaired) electrons. The molecule has 7 nitrogen and oxygen atoms in total. The van der Waals surface area contributed by atoms with Crippen molar-refractivity contribution in [3.63, 3.8) is 0 Å². The Morgan fingerprint density at radius 1 is 0.935 bits per heavy atom. The predicted molar refractivity (Wildman–Crippen MR) is 123 cm³/mol. The lowest BCUT2D eigenvalue weighted by molar-refractivity contribution is 0.878. The number of aromatic nitrogens is 6. The normalized spacial score (nSPS) is 11.1. The van der Waals surface area contributed by atoms with Crippen molar-refractivity contribution >= 4 is 28.5 Å². The van der Waals surface area contributed by atoms with Crippen molar-refractivity contribution in [2.75, 3.05) is 5.73 Å². The van der Waals surface area contributed by atoms with Gasteiger partial charge in [-0.3, -0.25) is 9.55 Å². The Bertz CT molecular complexity index is 1370. The number of para-hydroxylation sites is 2. The maximum absolute atomic E-state index is 6.15. The molecule has 0 saturated carbocycles. The maximum atomic E-state index is 6.15. The van der Waals surface area contributed by atoms with Gasteiger partial charge in [-0.15, -0.1) is 10.2 Å². The minimum atomic E-state index is 0.484. The Kier molecular flexibility index (Phi) is 5.05. The Morgan fingerprint density at radius 2 is 1.77 bits per heavy atom. The molecule has 0 aliphatic rings. The highest BCUT2D eigenvalue weighted by Crippen LogP contribution is 2.30. The molecule has 0 aliphatic carbocycles. The fraction of sp³-hybridized carbons (Fsp3) is 0.0870. The quantitative estimate of drug-likeness (QED) is 0.415. The highest BCUT2D eigenvalue weighted by atomic mass is 32.2. The van der Waals surface area contributed by atoms with E-state index in [0.717, 1.165) is 38.7 Å². The van der Waals surface area contributed by atoms with Gasteiger partial charge >= 0.3 is 0 Å². The van der Waals surface area contributed by atoms with Gasteiger partial charge in [0.2, 0.25) is 0 Å². The Hall–Kier alpha value is -3.78. The number of thioether (sulfide) groups is 1. The lowest BCUT2D eigenvalue weighted by Crippen LogP contribution is -2.03. The number of nitrogen functional groups attached to an aromatic ring is 1. The van der Waals surface area contributed by atoms with Crippen LogP contribution in [0.3, 0.4) is 0 Å². The highest BCUT2D eigenvalue weighted by molar-refractivity contribution is 7.98. The standard InChI is InChI=1S/C23H19N7S/c1-15-7-2-5-11-19(15)30-22(16-8-6-12-25-13-16)28-29-23(30)31-14-20-26-18-10-4-3-9-17(18)21(24)27-20/h2-13H,14H2,1H3,(H2,24,26,27). The number of benzene rings is 2. The zero-order valence-electron chi connectivity index (χ0n) is 16.8. The van der Waals surface area contributed by atoms with Crippen LogP contribution in [0.5, 0.6) is 0 Å². The second-order valence-corrected chi connectivity index (χ2v) is 7.94. The van der Waals surface area contributed by atoms with Gasteiger partial charge in [-0.2, -0.15) is 0 Å². The Balaban J connectivity index is 1.54. The molecule has 3 heterocycles. The summed E-state index contributed by atoms with van der Waals surface area (Å²) in [6, 6.07) is 19.8. The Labute approximate surface area is 183 Å². The third kappa shape index (κ3) is 3.73. The van der Waals surface area contributed by atoms with Gasteiger partial charge in [0, 0.05) is 23.3 Å². The number of hydrogen-bond acceptors (Lipinski definition) is 7. The van der Waals surface area contributed by atoms with E-state index in [1.807, 2.05) is 48.5 Å². The first-order valence-electron chi connectivity index (χ1n) is 9.76. The number of hydrogen-bond donors (Lipinski definition) is 1. The molecule has 0 saturated heterocycles. The topological polar surface area (TPSA) is 95.4 Å². The number of fused-ring (bicyclic) bond motifs is 1. The molecule has 0 fully saturated rings. The molecule has 3 aromatic heterocycles. The molecule has 0 spiro atoms. The van der Waals surface area contributed by atoms with Crippen LogP contribution in [0.15, 0.2) is 78.2 Å². The number of anilines is 1. The van der Waals surface area contributed by atoms with Crippen LogP contribution in [-0.2, 0) is 5.75 Å². The van der Waals surface area contributed by atoms with Crippen LogP contribution in [0.4, 0.5) is 5.82 Å². The van der Waals surface area contributed by atoms with Crippen LogP contribution < -0.4 is 5.73 Å². The van der Waals surface area contributed by atoms with Crippen LogP contribution in [0, 0.1) is 6.92 Å². The fourth-order valence-corrected chi connectivity index (χ4v) is 4.22. The SMILES string of the molecule is Cc1ccccc1-n1c(SCc2nc(N)c3ccccc3n2)nnc1-c1cccnc1. The average Bonchev–Trinajstić information content (AvgIpc) is 3.22. The van der Waals surface area contributed by atoms with Gasteiger partial charge in [0.25, 0.3) is 0 Å². The molecular formula is C23H19N7S. The zero-order chi connectivity index (χ0) is 21.2. The molecule has 0 aliphatic heterocycles. The van der Waals surface area contributed by atoms with E-state index in [9.17, 15) is 0 Å². The second-order valence-electron chi connectivity index (χ2n) is 7.00. The molecule has 0 bridgehead atoms. The van der Waals surface area contributed by atoms with Crippen LogP contribution in [0.1, 0.15) is 11.4 Å². The van der Waals surface area contributed by atoms with Crippen LogP contribution >= 0.6 is 11.8 Å². The fourth-order valence-electron chi connectivity index (χ4n) is 3.42. The van der Waals surface area contributed by atoms with E-state index in [1.165, 1.54) is 11.8 Å². The minimum absolute atomic E-state index is 0.484. The summed E-state index contributed by atoms with van der Waals surface area (Å²) in [5, 5.41) is 10.6. The van der Waals surface area contributed by atoms with Gasteiger partial charge in [0.1, 0.15) is 11.6 Å². The predicted octanol–water partition coefficient (Wildman–Crippen LogP) is 4.46. The molecule has 31 heavy (non-hydrogen) atoms. The van der Waals surface area contributed by atoms with Gasteiger partial charge in [-0.05, 0) is 42.8 Å². The molecule has 2 N–H and O–H groups in total. The molecule has 8 heteroatoms. The number of aryl methyl sites for hydroxylation is 1. The molecule has 5 rings (SSSR count). The number of nitrogens with two attached hydrogens (primary N) is 1. The number of rotatable bonds is 5. The molecule has 0 amide bonds. The summed E-state index contributed by atoms with van der Waals surface area (Å²) >= 11 is 1.52. The first-order valence-corrected chi connectivity index (χ1v) is 10.7. The summed E-state index contributed by atoms with van der Waals surface area (Å²) in [5.41, 5.74) is 10.0. The molecule has 0 atom stereocenters. The highest BCUT2D eigenvalue weighted by Gasteiger charge is 2.18. The number of pyridine rings is 1. The molecule has 152 valence electrons. The zero-order valence-corrected chi connectivity index (χ0v) is 17.6. The molecule has 2 aromatic carbocycles. The van der Waals surface area contributed by atoms with Crippen molar-refractivity contribution in [1.82, 2.24) is 29.7 Å². The lowest BCUT2D eigenvalue weighted by Gasteiger charge is -2.12. The van der Waals surface area contributed by atoms with Gasteiger partial charge in [-0.1, -0.05) is 42.1 Å². The van der Waals surface area contributed by atoms with Crippen molar-refractivity contribution in [1.29, 1.82) is 0 Å². The van der Waals surface area contributed by atoms with Crippen LogP contribution in [0.25, 0.3) is 28.0 Å². The average molecular weight is 426 g/mol. The summed E-state index contributed by atoms with van der Waals surface area (Å²) in [7, 11) is 0. The van der Waals surface area contributed by atoms with E-state index in [2.05, 4.69) is 48.8 Å². The van der Waals surface area contributed by atoms with E-state index in [-0.39, 0.29) is 0 Å². The van der Waals surface area contributed by atoms with Crippen molar-refractivity contribution in [2.45, 2.75) is 17.8 Å². The first-order chi connectivity index (χ1) is 15.2. The summed E-state index contributed by atoms with van der Waals surface area (Å²) in [4.78, 5) is 13.4. The van der Waals surface area contributed by atoms with Crippen molar-refractivity contribution < 1.29 is 0 Å². The lowest BCUT2D eigenvalue weighted by atomic mass is 10.2. The maximum Gasteiger partial charge on any atom is 0.196 e. The van der Waals surface area contributed by atoms with E-state index in [0.29, 0.717) is 17.4 Å². The summed E-state index contributed by atoms with van der Waals surface area (Å²) < 4.78 is 2.06. The van der Waals surface area contributed by atoms with E-state index in [1.54, 1.807) is 12.4 Å². The minimum Gasteiger partial charge on any atom is -0.383 e. The van der Waals surface area contributed by atoms with E-state index < -0.39 is 0 Å². The molecule has 5 aromatic rings. The largest absolute Gasteiger partial charge is 0.383 e. The van der Waals surface area contributed by atoms with Crippen LogP contribution in [0.2, 0.25) is 0 Å². The first kappa shape index (κ1) is 19.2. The van der Waals surface area contributed by atoms with Crippen molar-refractivity contribution in [3.8, 4) is 17.1 Å². The van der Waals surface area contributed by atoms with Gasteiger partial charge < -0.3 is 5.73 Å². The molecular weight excluding hydrogens is 406 g/mol. The summed E-state index contributed by atoms with van der Waals surface area (Å²) in [6.07, 6.45) is 3.54. The van der Waals surface area contributed by atoms with Crippen LogP contribution in [-0.4, -0.2) is 29.7 Å². The monoisotopic (exact) mass is 425 g/mol. The van der Waals surface area contributed by atoms with Gasteiger partial charge in [0.05, 0.1) is 17.0 Å². The summed E-state index contributed by atoms with van der Waals surface area (Å²) in [6.45, 7) is 2.07. The van der Waals surface area contributed by atoms with E-state index in [4.69, 9.17) is 5.73 Å². The molecule has 0 unspecified atom stereocenters. The Morgan fingerprint density at radius 3 is 2.61 bits per heavy atom. The second kappa shape index (κ2) is 8.16.